The standard InChI is InChI=1S/C31H34BrN3O4/c1-20-26(32)17-25(29(36)22-10-6-3-7-11-22)30(34-20)35-31(37)23-14-15-38-27(16-23)24-12-13-28(33-18-24)39-19-21-8-4-2-5-9-21/h2,4-5,8-9,12-13,17-18,22-23,27H,3,6-7,10-11,14-16,19H2,1H3,(H,34,35,37)/t23-,27+/m0/s1. The fourth-order valence-electron chi connectivity index (χ4n) is 5.33. The van der Waals surface area contributed by atoms with Crippen LogP contribution >= 0.6 is 15.9 Å². The molecule has 2 fully saturated rings. The van der Waals surface area contributed by atoms with Crippen molar-refractivity contribution in [3.8, 4) is 5.88 Å². The van der Waals surface area contributed by atoms with Crippen LogP contribution in [-0.4, -0.2) is 28.3 Å². The molecule has 3 heterocycles. The van der Waals surface area contributed by atoms with E-state index in [4.69, 9.17) is 9.47 Å². The second kappa shape index (κ2) is 12.8. The number of hydrogen-bond donors (Lipinski definition) is 1. The van der Waals surface area contributed by atoms with Gasteiger partial charge in [-0.1, -0.05) is 49.6 Å². The average molecular weight is 593 g/mol. The van der Waals surface area contributed by atoms with Crippen LogP contribution in [0.4, 0.5) is 5.82 Å². The molecular formula is C31H34BrN3O4. The number of hydrogen-bond acceptors (Lipinski definition) is 6. The van der Waals surface area contributed by atoms with Gasteiger partial charge in [-0.25, -0.2) is 9.97 Å². The van der Waals surface area contributed by atoms with E-state index in [0.717, 1.165) is 47.0 Å². The van der Waals surface area contributed by atoms with E-state index in [1.807, 2.05) is 55.5 Å². The molecule has 7 nitrogen and oxygen atoms in total. The highest BCUT2D eigenvalue weighted by atomic mass is 79.9. The summed E-state index contributed by atoms with van der Waals surface area (Å²) in [5.41, 5.74) is 3.21. The number of rotatable bonds is 8. The molecular weight excluding hydrogens is 558 g/mol. The Bertz CT molecular complexity index is 1290. The topological polar surface area (TPSA) is 90.4 Å². The highest BCUT2D eigenvalue weighted by Gasteiger charge is 2.31. The third-order valence-electron chi connectivity index (χ3n) is 7.65. The second-order valence-electron chi connectivity index (χ2n) is 10.4. The van der Waals surface area contributed by atoms with Crippen LogP contribution in [0.25, 0.3) is 0 Å². The van der Waals surface area contributed by atoms with E-state index in [0.29, 0.717) is 43.3 Å². The van der Waals surface area contributed by atoms with Crippen molar-refractivity contribution in [3.63, 3.8) is 0 Å². The Kier molecular flexibility index (Phi) is 9.04. The van der Waals surface area contributed by atoms with E-state index in [1.165, 1.54) is 6.42 Å². The Morgan fingerprint density at radius 3 is 2.59 bits per heavy atom. The Balaban J connectivity index is 1.23. The molecule has 1 aromatic carbocycles. The molecule has 0 unspecified atom stereocenters. The Labute approximate surface area is 237 Å². The average Bonchev–Trinajstić information content (AvgIpc) is 2.99. The predicted molar refractivity (Wildman–Crippen MR) is 153 cm³/mol. The lowest BCUT2D eigenvalue weighted by Gasteiger charge is -2.29. The van der Waals surface area contributed by atoms with Crippen molar-refractivity contribution in [1.82, 2.24) is 9.97 Å². The van der Waals surface area contributed by atoms with Gasteiger partial charge in [-0.15, -0.1) is 0 Å². The van der Waals surface area contributed by atoms with Crippen molar-refractivity contribution in [2.45, 2.75) is 64.6 Å². The number of aromatic nitrogens is 2. The lowest BCUT2D eigenvalue weighted by atomic mass is 9.84. The maximum Gasteiger partial charge on any atom is 0.228 e. The molecule has 39 heavy (non-hydrogen) atoms. The number of carbonyl (C=O) groups is 2. The predicted octanol–water partition coefficient (Wildman–Crippen LogP) is 7.00. The number of anilines is 1. The summed E-state index contributed by atoms with van der Waals surface area (Å²) in [6.07, 6.45) is 7.74. The molecule has 1 aliphatic carbocycles. The van der Waals surface area contributed by atoms with E-state index < -0.39 is 0 Å². The lowest BCUT2D eigenvalue weighted by molar-refractivity contribution is -0.125. The van der Waals surface area contributed by atoms with Crippen molar-refractivity contribution in [2.24, 2.45) is 11.8 Å². The molecule has 0 spiro atoms. The number of aryl methyl sites for hydroxylation is 1. The molecule has 2 atom stereocenters. The van der Waals surface area contributed by atoms with Gasteiger partial charge in [0.05, 0.1) is 17.4 Å². The minimum absolute atomic E-state index is 0.00888. The van der Waals surface area contributed by atoms with Gasteiger partial charge in [-0.3, -0.25) is 9.59 Å². The van der Waals surface area contributed by atoms with Gasteiger partial charge in [0.15, 0.2) is 5.78 Å². The maximum atomic E-state index is 13.4. The zero-order valence-electron chi connectivity index (χ0n) is 22.2. The van der Waals surface area contributed by atoms with Crippen LogP contribution in [0, 0.1) is 18.8 Å². The van der Waals surface area contributed by atoms with E-state index in [9.17, 15) is 9.59 Å². The summed E-state index contributed by atoms with van der Waals surface area (Å²) in [4.78, 5) is 35.8. The number of Topliss-reactive ketones (excluding diaryl/α,β-unsaturated/α-hetero) is 1. The van der Waals surface area contributed by atoms with Gasteiger partial charge in [0.25, 0.3) is 0 Å². The van der Waals surface area contributed by atoms with Crippen molar-refractivity contribution in [2.75, 3.05) is 11.9 Å². The summed E-state index contributed by atoms with van der Waals surface area (Å²) in [7, 11) is 0. The third kappa shape index (κ3) is 6.92. The van der Waals surface area contributed by atoms with Gasteiger partial charge >= 0.3 is 0 Å². The number of ketones is 1. The summed E-state index contributed by atoms with van der Waals surface area (Å²) < 4.78 is 12.6. The molecule has 1 saturated carbocycles. The van der Waals surface area contributed by atoms with Crippen molar-refractivity contribution in [1.29, 1.82) is 0 Å². The normalized spacial score (nSPS) is 19.8. The van der Waals surface area contributed by atoms with Crippen LogP contribution in [0.2, 0.25) is 0 Å². The fourth-order valence-corrected chi connectivity index (χ4v) is 5.65. The molecule has 1 saturated heterocycles. The van der Waals surface area contributed by atoms with Crippen LogP contribution in [0.3, 0.4) is 0 Å². The monoisotopic (exact) mass is 591 g/mol. The van der Waals surface area contributed by atoms with Crippen LogP contribution in [0.15, 0.2) is 59.2 Å². The molecule has 0 bridgehead atoms. The van der Waals surface area contributed by atoms with Crippen molar-refractivity contribution in [3.05, 3.63) is 81.6 Å². The highest BCUT2D eigenvalue weighted by Crippen LogP contribution is 2.34. The van der Waals surface area contributed by atoms with Crippen LogP contribution in [-0.2, 0) is 16.1 Å². The minimum atomic E-state index is -0.263. The summed E-state index contributed by atoms with van der Waals surface area (Å²) in [5.74, 6) is 0.571. The molecule has 1 amide bonds. The summed E-state index contributed by atoms with van der Waals surface area (Å²) >= 11 is 3.52. The Morgan fingerprint density at radius 1 is 1.05 bits per heavy atom. The second-order valence-corrected chi connectivity index (χ2v) is 11.3. The van der Waals surface area contributed by atoms with E-state index in [-0.39, 0.29) is 29.6 Å². The first-order chi connectivity index (χ1) is 19.0. The van der Waals surface area contributed by atoms with Crippen molar-refractivity contribution < 1.29 is 19.1 Å². The molecule has 5 rings (SSSR count). The largest absolute Gasteiger partial charge is 0.473 e. The lowest BCUT2D eigenvalue weighted by Crippen LogP contribution is -2.31. The Morgan fingerprint density at radius 2 is 1.85 bits per heavy atom. The van der Waals surface area contributed by atoms with Crippen molar-refractivity contribution >= 4 is 33.4 Å². The summed E-state index contributed by atoms with van der Waals surface area (Å²) in [6, 6.07) is 15.5. The van der Waals surface area contributed by atoms with Crippen LogP contribution in [0.5, 0.6) is 5.88 Å². The molecule has 3 aromatic rings. The molecule has 1 N–H and O–H groups in total. The van der Waals surface area contributed by atoms with Gasteiger partial charge in [0.1, 0.15) is 12.4 Å². The van der Waals surface area contributed by atoms with Gasteiger partial charge in [0.2, 0.25) is 11.8 Å². The van der Waals surface area contributed by atoms with E-state index >= 15 is 0 Å². The van der Waals surface area contributed by atoms with Crippen LogP contribution < -0.4 is 10.1 Å². The fraction of sp³-hybridized carbons (Fsp3) is 0.419. The van der Waals surface area contributed by atoms with E-state index in [2.05, 4.69) is 31.2 Å². The number of pyridine rings is 2. The highest BCUT2D eigenvalue weighted by molar-refractivity contribution is 9.10. The first-order valence-corrected chi connectivity index (χ1v) is 14.5. The van der Waals surface area contributed by atoms with Gasteiger partial charge < -0.3 is 14.8 Å². The number of carbonyl (C=O) groups excluding carboxylic acids is 2. The Hall–Kier alpha value is -3.10. The summed E-state index contributed by atoms with van der Waals surface area (Å²) in [5, 5.41) is 3.00. The zero-order valence-corrected chi connectivity index (χ0v) is 23.8. The zero-order chi connectivity index (χ0) is 27.2. The number of halogens is 1. The first-order valence-electron chi connectivity index (χ1n) is 13.7. The summed E-state index contributed by atoms with van der Waals surface area (Å²) in [6.45, 7) is 2.78. The number of benzene rings is 1. The van der Waals surface area contributed by atoms with Gasteiger partial charge in [-0.2, -0.15) is 0 Å². The quantitative estimate of drug-likeness (QED) is 0.284. The molecule has 0 radical (unpaired) electrons. The number of nitrogens with zero attached hydrogens (tertiary/aromatic N) is 2. The molecule has 204 valence electrons. The third-order valence-corrected chi connectivity index (χ3v) is 8.45. The number of ether oxygens (including phenoxy) is 2. The minimum Gasteiger partial charge on any atom is -0.473 e. The molecule has 1 aliphatic heterocycles. The number of amides is 1. The maximum absolute atomic E-state index is 13.4. The SMILES string of the molecule is Cc1nc(NC(=O)[C@H]2CCO[C@@H](c3ccc(OCc4ccccc4)nc3)C2)c(C(=O)C2CCCCC2)cc1Br. The number of nitrogens with one attached hydrogen (secondary N) is 1. The van der Waals surface area contributed by atoms with E-state index in [1.54, 1.807) is 6.20 Å². The van der Waals surface area contributed by atoms with Gasteiger partial charge in [0, 0.05) is 35.2 Å². The molecule has 8 heteroatoms. The molecule has 2 aromatic heterocycles. The smallest absolute Gasteiger partial charge is 0.228 e. The molecule has 2 aliphatic rings. The van der Waals surface area contributed by atoms with Gasteiger partial charge in [-0.05, 0) is 71.8 Å². The first kappa shape index (κ1) is 27.5. The van der Waals surface area contributed by atoms with Crippen LogP contribution in [0.1, 0.15) is 78.2 Å².